The molecule has 3 aromatic rings. The molecule has 0 amide bonds. The van der Waals surface area contributed by atoms with E-state index in [2.05, 4.69) is 4.90 Å². The largest absolute Gasteiger partial charge is 0.489 e. The molecule has 0 saturated carbocycles. The molecule has 1 atom stereocenters. The number of rotatable bonds is 4. The third-order valence-electron chi connectivity index (χ3n) is 4.94. The van der Waals surface area contributed by atoms with Crippen LogP contribution in [0.4, 0.5) is 4.39 Å². The Labute approximate surface area is 158 Å². The highest BCUT2D eigenvalue weighted by Gasteiger charge is 2.21. The van der Waals surface area contributed by atoms with E-state index in [1.54, 1.807) is 12.1 Å². The van der Waals surface area contributed by atoms with Gasteiger partial charge in [0.1, 0.15) is 18.2 Å². The van der Waals surface area contributed by atoms with E-state index in [0.29, 0.717) is 13.2 Å². The second-order valence-corrected chi connectivity index (χ2v) is 7.07. The van der Waals surface area contributed by atoms with E-state index in [4.69, 9.17) is 4.74 Å². The fraction of sp³-hybridized carbons (Fsp3) is 0.217. The number of hydrogen-bond acceptors (Lipinski definition) is 3. The van der Waals surface area contributed by atoms with Crippen LogP contribution in [0.2, 0.25) is 0 Å². The summed E-state index contributed by atoms with van der Waals surface area (Å²) in [6.45, 7) is 1.94. The lowest BCUT2D eigenvalue weighted by molar-refractivity contribution is 0.107. The van der Waals surface area contributed by atoms with Gasteiger partial charge in [0.05, 0.1) is 6.10 Å². The maximum atomic E-state index is 13.0. The predicted molar refractivity (Wildman–Crippen MR) is 104 cm³/mol. The Hall–Kier alpha value is -2.69. The number of aliphatic hydroxyl groups is 1. The highest BCUT2D eigenvalue weighted by atomic mass is 19.1. The Morgan fingerprint density at radius 2 is 1.67 bits per heavy atom. The molecule has 138 valence electrons. The summed E-state index contributed by atoms with van der Waals surface area (Å²) in [5.41, 5.74) is 5.18. The van der Waals surface area contributed by atoms with Gasteiger partial charge in [0.2, 0.25) is 0 Å². The van der Waals surface area contributed by atoms with Crippen molar-refractivity contribution in [2.24, 2.45) is 0 Å². The zero-order chi connectivity index (χ0) is 18.8. The van der Waals surface area contributed by atoms with Gasteiger partial charge in [-0.05, 0) is 59.1 Å². The Kier molecular flexibility index (Phi) is 4.92. The van der Waals surface area contributed by atoms with Crippen LogP contribution in [0.15, 0.2) is 66.7 Å². The molecule has 1 heterocycles. The number of likely N-dealkylation sites (N-methyl/N-ethyl adjacent to an activating group) is 1. The molecule has 0 bridgehead atoms. The van der Waals surface area contributed by atoms with Crippen molar-refractivity contribution in [3.63, 3.8) is 0 Å². The molecule has 0 aliphatic carbocycles. The number of hydrogen-bond donors (Lipinski definition) is 1. The molecule has 27 heavy (non-hydrogen) atoms. The van der Waals surface area contributed by atoms with Gasteiger partial charge in [-0.15, -0.1) is 0 Å². The number of nitrogens with zero attached hydrogens (tertiary/aromatic N) is 1. The topological polar surface area (TPSA) is 32.7 Å². The van der Waals surface area contributed by atoms with E-state index in [-0.39, 0.29) is 5.82 Å². The predicted octanol–water partition coefficient (Wildman–Crippen LogP) is 4.55. The molecule has 1 N–H and O–H groups in total. The number of β-amino-alcohol motifs (C(OH)–C–C–N with tert-alkyl or cyclic N) is 1. The van der Waals surface area contributed by atoms with Gasteiger partial charge in [0, 0.05) is 13.1 Å². The standard InChI is InChI=1S/C23H22FNO2/c1-25-13-19-8-11-21(12-22(19)23(26)14-25)27-15-16-2-4-17(5-3-16)18-6-9-20(24)10-7-18/h2-12,23,26H,13-15H2,1H3/t23-/m0/s1. The third-order valence-corrected chi connectivity index (χ3v) is 4.94. The van der Waals surface area contributed by atoms with E-state index in [1.807, 2.05) is 49.5 Å². The quantitative estimate of drug-likeness (QED) is 0.738. The van der Waals surface area contributed by atoms with Crippen LogP contribution in [0.5, 0.6) is 5.75 Å². The van der Waals surface area contributed by atoms with Crippen molar-refractivity contribution in [3.05, 3.63) is 89.2 Å². The smallest absolute Gasteiger partial charge is 0.123 e. The van der Waals surface area contributed by atoms with Gasteiger partial charge in [-0.3, -0.25) is 4.90 Å². The minimum absolute atomic E-state index is 0.231. The van der Waals surface area contributed by atoms with Gasteiger partial charge >= 0.3 is 0 Å². The Balaban J connectivity index is 1.43. The van der Waals surface area contributed by atoms with Crippen molar-refractivity contribution in [3.8, 4) is 16.9 Å². The normalized spacial score (nSPS) is 16.8. The van der Waals surface area contributed by atoms with Crippen LogP contribution in [0, 0.1) is 5.82 Å². The molecule has 4 rings (SSSR count). The first-order chi connectivity index (χ1) is 13.1. The molecular weight excluding hydrogens is 341 g/mol. The molecule has 0 radical (unpaired) electrons. The van der Waals surface area contributed by atoms with Crippen LogP contribution in [0.3, 0.4) is 0 Å². The number of fused-ring (bicyclic) bond motifs is 1. The van der Waals surface area contributed by atoms with Crippen molar-refractivity contribution in [2.45, 2.75) is 19.3 Å². The molecule has 0 fully saturated rings. The minimum Gasteiger partial charge on any atom is -0.489 e. The van der Waals surface area contributed by atoms with Gasteiger partial charge < -0.3 is 9.84 Å². The second-order valence-electron chi connectivity index (χ2n) is 7.07. The van der Waals surface area contributed by atoms with E-state index < -0.39 is 6.10 Å². The summed E-state index contributed by atoms with van der Waals surface area (Å²) in [6.07, 6.45) is -0.475. The van der Waals surface area contributed by atoms with Gasteiger partial charge in [-0.1, -0.05) is 42.5 Å². The first-order valence-electron chi connectivity index (χ1n) is 9.05. The molecule has 4 heteroatoms. The fourth-order valence-electron chi connectivity index (χ4n) is 3.47. The van der Waals surface area contributed by atoms with Crippen molar-refractivity contribution in [1.29, 1.82) is 0 Å². The van der Waals surface area contributed by atoms with Crippen molar-refractivity contribution in [1.82, 2.24) is 4.90 Å². The molecular formula is C23H22FNO2. The maximum absolute atomic E-state index is 13.0. The maximum Gasteiger partial charge on any atom is 0.123 e. The van der Waals surface area contributed by atoms with Gasteiger partial charge in [-0.2, -0.15) is 0 Å². The zero-order valence-corrected chi connectivity index (χ0v) is 15.2. The molecule has 0 saturated heterocycles. The first-order valence-corrected chi connectivity index (χ1v) is 9.05. The summed E-state index contributed by atoms with van der Waals surface area (Å²) in [6, 6.07) is 20.5. The van der Waals surface area contributed by atoms with Crippen LogP contribution in [-0.4, -0.2) is 23.6 Å². The second kappa shape index (κ2) is 7.51. The van der Waals surface area contributed by atoms with Gasteiger partial charge in [0.15, 0.2) is 0 Å². The van der Waals surface area contributed by atoms with Crippen LogP contribution in [0.25, 0.3) is 11.1 Å². The summed E-state index contributed by atoms with van der Waals surface area (Å²) >= 11 is 0. The summed E-state index contributed by atoms with van der Waals surface area (Å²) < 4.78 is 19.0. The fourth-order valence-corrected chi connectivity index (χ4v) is 3.47. The Bertz CT molecular complexity index is 922. The molecule has 3 nitrogen and oxygen atoms in total. The third kappa shape index (κ3) is 4.02. The summed E-state index contributed by atoms with van der Waals surface area (Å²) in [4.78, 5) is 2.11. The number of halogens is 1. The summed E-state index contributed by atoms with van der Waals surface area (Å²) in [7, 11) is 2.01. The first kappa shape index (κ1) is 17.7. The highest BCUT2D eigenvalue weighted by Crippen LogP contribution is 2.29. The monoisotopic (exact) mass is 363 g/mol. The number of aliphatic hydroxyl groups excluding tert-OH is 1. The SMILES string of the molecule is CN1Cc2ccc(OCc3ccc(-c4ccc(F)cc4)cc3)cc2[C@@H](O)C1. The molecule has 0 unspecified atom stereocenters. The lowest BCUT2D eigenvalue weighted by Gasteiger charge is -2.29. The molecule has 1 aliphatic rings. The molecule has 1 aliphatic heterocycles. The van der Waals surface area contributed by atoms with E-state index in [9.17, 15) is 9.50 Å². The van der Waals surface area contributed by atoms with E-state index in [0.717, 1.165) is 40.1 Å². The summed E-state index contributed by atoms with van der Waals surface area (Å²) in [5, 5.41) is 10.3. The minimum atomic E-state index is -0.475. The van der Waals surface area contributed by atoms with Gasteiger partial charge in [-0.25, -0.2) is 4.39 Å². The van der Waals surface area contributed by atoms with Crippen LogP contribution >= 0.6 is 0 Å². The highest BCUT2D eigenvalue weighted by molar-refractivity contribution is 5.63. The average Bonchev–Trinajstić information content (AvgIpc) is 2.67. The Morgan fingerprint density at radius 3 is 2.37 bits per heavy atom. The molecule has 0 aromatic heterocycles. The zero-order valence-electron chi connectivity index (χ0n) is 15.2. The lowest BCUT2D eigenvalue weighted by Crippen LogP contribution is -2.30. The summed E-state index contributed by atoms with van der Waals surface area (Å²) in [5.74, 6) is 0.533. The lowest BCUT2D eigenvalue weighted by atomic mass is 9.97. The van der Waals surface area contributed by atoms with Crippen molar-refractivity contribution < 1.29 is 14.2 Å². The average molecular weight is 363 g/mol. The number of benzene rings is 3. The van der Waals surface area contributed by atoms with Crippen LogP contribution in [0.1, 0.15) is 22.8 Å². The van der Waals surface area contributed by atoms with Crippen LogP contribution < -0.4 is 4.74 Å². The molecule has 3 aromatic carbocycles. The van der Waals surface area contributed by atoms with E-state index >= 15 is 0 Å². The molecule has 0 spiro atoms. The Morgan fingerprint density at radius 1 is 1.00 bits per heavy atom. The van der Waals surface area contributed by atoms with Crippen molar-refractivity contribution >= 4 is 0 Å². The van der Waals surface area contributed by atoms with Crippen LogP contribution in [-0.2, 0) is 13.2 Å². The van der Waals surface area contributed by atoms with Crippen molar-refractivity contribution in [2.75, 3.05) is 13.6 Å². The van der Waals surface area contributed by atoms with Gasteiger partial charge in [0.25, 0.3) is 0 Å². The number of ether oxygens (including phenoxy) is 1. The van der Waals surface area contributed by atoms with E-state index in [1.165, 1.54) is 12.1 Å².